The van der Waals surface area contributed by atoms with E-state index in [9.17, 15) is 9.59 Å². The van der Waals surface area contributed by atoms with E-state index < -0.39 is 0 Å². The fraction of sp³-hybridized carbons (Fsp3) is 0.312. The van der Waals surface area contributed by atoms with E-state index in [0.29, 0.717) is 18.3 Å². The second kappa shape index (κ2) is 7.89. The third-order valence-corrected chi connectivity index (χ3v) is 3.71. The molecule has 3 rings (SSSR count). The predicted molar refractivity (Wildman–Crippen MR) is 90.4 cm³/mol. The summed E-state index contributed by atoms with van der Waals surface area (Å²) < 4.78 is 1.24. The van der Waals surface area contributed by atoms with Crippen molar-refractivity contribution >= 4 is 18.3 Å². The Morgan fingerprint density at radius 3 is 2.74 bits per heavy atom. The molecule has 1 saturated heterocycles. The molecule has 23 heavy (non-hydrogen) atoms. The number of carbonyl (C=O) groups is 1. The van der Waals surface area contributed by atoms with Crippen LogP contribution in [0.2, 0.25) is 0 Å². The Labute approximate surface area is 140 Å². The minimum Gasteiger partial charge on any atom is -0.349 e. The topological polar surface area (TPSA) is 76.0 Å². The third kappa shape index (κ3) is 4.18. The van der Waals surface area contributed by atoms with Crippen molar-refractivity contribution in [3.63, 3.8) is 0 Å². The smallest absolute Gasteiger partial charge is 0.271 e. The molecule has 1 fully saturated rings. The molecular formula is C16H19ClN4O2. The second-order valence-electron chi connectivity index (χ2n) is 5.31. The molecule has 0 aliphatic carbocycles. The van der Waals surface area contributed by atoms with Gasteiger partial charge in [-0.05, 0) is 37.6 Å². The SMILES string of the molecule is Cl.O=C(NCC1CCCN1)c1ccc(=O)n(-c2ccccc2)n1. The van der Waals surface area contributed by atoms with Gasteiger partial charge in [0.15, 0.2) is 0 Å². The van der Waals surface area contributed by atoms with Crippen LogP contribution in [0.3, 0.4) is 0 Å². The molecule has 2 heterocycles. The number of para-hydroxylation sites is 1. The summed E-state index contributed by atoms with van der Waals surface area (Å²) in [5, 5.41) is 10.3. The van der Waals surface area contributed by atoms with Crippen LogP contribution in [0.4, 0.5) is 0 Å². The van der Waals surface area contributed by atoms with Crippen molar-refractivity contribution in [3.05, 3.63) is 58.5 Å². The number of halogens is 1. The number of hydrogen-bond acceptors (Lipinski definition) is 4. The van der Waals surface area contributed by atoms with Crippen LogP contribution in [0.15, 0.2) is 47.3 Å². The van der Waals surface area contributed by atoms with Crippen molar-refractivity contribution < 1.29 is 4.79 Å². The predicted octanol–water partition coefficient (Wildman–Crippen LogP) is 1.14. The maximum Gasteiger partial charge on any atom is 0.271 e. The first-order valence-electron chi connectivity index (χ1n) is 7.41. The van der Waals surface area contributed by atoms with Gasteiger partial charge in [-0.2, -0.15) is 9.78 Å². The second-order valence-corrected chi connectivity index (χ2v) is 5.31. The van der Waals surface area contributed by atoms with Gasteiger partial charge in [0.25, 0.3) is 11.5 Å². The molecule has 2 N–H and O–H groups in total. The van der Waals surface area contributed by atoms with Gasteiger partial charge in [-0.1, -0.05) is 18.2 Å². The molecule has 6 nitrogen and oxygen atoms in total. The molecule has 0 bridgehead atoms. The highest BCUT2D eigenvalue weighted by Gasteiger charge is 2.16. The average Bonchev–Trinajstić information content (AvgIpc) is 3.07. The number of rotatable bonds is 4. The van der Waals surface area contributed by atoms with E-state index in [4.69, 9.17) is 0 Å². The molecule has 0 spiro atoms. The van der Waals surface area contributed by atoms with Crippen LogP contribution in [0.5, 0.6) is 0 Å². The van der Waals surface area contributed by atoms with Gasteiger partial charge in [-0.15, -0.1) is 12.4 Å². The van der Waals surface area contributed by atoms with Gasteiger partial charge < -0.3 is 10.6 Å². The maximum atomic E-state index is 12.2. The lowest BCUT2D eigenvalue weighted by molar-refractivity contribution is 0.0943. The molecule has 1 amide bonds. The first kappa shape index (κ1) is 17.2. The number of carbonyl (C=O) groups excluding carboxylic acids is 1. The van der Waals surface area contributed by atoms with Gasteiger partial charge >= 0.3 is 0 Å². The van der Waals surface area contributed by atoms with Gasteiger partial charge in [0.2, 0.25) is 0 Å². The van der Waals surface area contributed by atoms with E-state index in [1.54, 1.807) is 12.1 Å². The van der Waals surface area contributed by atoms with Crippen LogP contribution in [0.25, 0.3) is 5.69 Å². The van der Waals surface area contributed by atoms with Crippen LogP contribution in [0, 0.1) is 0 Å². The fourth-order valence-corrected chi connectivity index (χ4v) is 2.52. The van der Waals surface area contributed by atoms with E-state index in [1.807, 2.05) is 18.2 Å². The molecule has 1 aromatic heterocycles. The van der Waals surface area contributed by atoms with Crippen LogP contribution in [-0.4, -0.2) is 34.8 Å². The molecule has 1 atom stereocenters. The summed E-state index contributed by atoms with van der Waals surface area (Å²) in [7, 11) is 0. The zero-order valence-corrected chi connectivity index (χ0v) is 13.4. The number of aromatic nitrogens is 2. The van der Waals surface area contributed by atoms with Gasteiger partial charge in [-0.25, -0.2) is 0 Å². The zero-order chi connectivity index (χ0) is 15.4. The lowest BCUT2D eigenvalue weighted by atomic mass is 10.2. The quantitative estimate of drug-likeness (QED) is 0.879. The Bertz CT molecular complexity index is 712. The molecule has 7 heteroatoms. The molecule has 1 unspecified atom stereocenters. The molecule has 1 aliphatic heterocycles. The molecule has 122 valence electrons. The van der Waals surface area contributed by atoms with E-state index in [0.717, 1.165) is 19.4 Å². The Morgan fingerprint density at radius 1 is 1.26 bits per heavy atom. The van der Waals surface area contributed by atoms with Crippen molar-refractivity contribution in [1.29, 1.82) is 0 Å². The molecule has 0 radical (unpaired) electrons. The number of nitrogens with one attached hydrogen (secondary N) is 2. The molecule has 2 aromatic rings. The molecule has 1 aromatic carbocycles. The van der Waals surface area contributed by atoms with Gasteiger partial charge in [-0.3, -0.25) is 9.59 Å². The Morgan fingerprint density at radius 2 is 2.04 bits per heavy atom. The summed E-state index contributed by atoms with van der Waals surface area (Å²) in [6.45, 7) is 1.57. The Hall–Kier alpha value is -2.18. The van der Waals surface area contributed by atoms with E-state index in [2.05, 4.69) is 15.7 Å². The van der Waals surface area contributed by atoms with Gasteiger partial charge in [0.05, 0.1) is 5.69 Å². The molecule has 1 aliphatic rings. The van der Waals surface area contributed by atoms with Gasteiger partial charge in [0, 0.05) is 18.7 Å². The third-order valence-electron chi connectivity index (χ3n) is 3.71. The summed E-state index contributed by atoms with van der Waals surface area (Å²) >= 11 is 0. The van der Waals surface area contributed by atoms with E-state index >= 15 is 0 Å². The normalized spacial score (nSPS) is 16.6. The van der Waals surface area contributed by atoms with Crippen molar-refractivity contribution in [2.75, 3.05) is 13.1 Å². The van der Waals surface area contributed by atoms with Crippen molar-refractivity contribution in [3.8, 4) is 5.69 Å². The summed E-state index contributed by atoms with van der Waals surface area (Å²) in [5.41, 5.74) is 0.612. The minimum absolute atomic E-state index is 0. The van der Waals surface area contributed by atoms with Crippen LogP contribution >= 0.6 is 12.4 Å². The zero-order valence-electron chi connectivity index (χ0n) is 12.6. The van der Waals surface area contributed by atoms with Crippen LogP contribution < -0.4 is 16.2 Å². The maximum absolute atomic E-state index is 12.2. The summed E-state index contributed by atoms with van der Waals surface area (Å²) in [6.07, 6.45) is 2.20. The number of benzene rings is 1. The largest absolute Gasteiger partial charge is 0.349 e. The van der Waals surface area contributed by atoms with Crippen molar-refractivity contribution in [2.45, 2.75) is 18.9 Å². The standard InChI is InChI=1S/C16H18N4O2.ClH/c21-15-9-8-14(16(22)18-11-12-5-4-10-17-12)19-20(15)13-6-2-1-3-7-13;/h1-3,6-9,12,17H,4-5,10-11H2,(H,18,22);1H. The van der Waals surface area contributed by atoms with Crippen molar-refractivity contribution in [2.24, 2.45) is 0 Å². The average molecular weight is 335 g/mol. The molecule has 0 saturated carbocycles. The van der Waals surface area contributed by atoms with Crippen molar-refractivity contribution in [1.82, 2.24) is 20.4 Å². The highest BCUT2D eigenvalue weighted by atomic mass is 35.5. The summed E-state index contributed by atoms with van der Waals surface area (Å²) in [5.74, 6) is -0.265. The first-order chi connectivity index (χ1) is 10.7. The number of hydrogen-bond donors (Lipinski definition) is 2. The van der Waals surface area contributed by atoms with E-state index in [1.165, 1.54) is 16.8 Å². The lowest BCUT2D eigenvalue weighted by Gasteiger charge is -2.11. The highest BCUT2D eigenvalue weighted by Crippen LogP contribution is 2.05. The monoisotopic (exact) mass is 334 g/mol. The Balaban J connectivity index is 0.00000192. The highest BCUT2D eigenvalue weighted by molar-refractivity contribution is 5.92. The minimum atomic E-state index is -0.265. The lowest BCUT2D eigenvalue weighted by Crippen LogP contribution is -2.38. The summed E-state index contributed by atoms with van der Waals surface area (Å²) in [4.78, 5) is 24.1. The number of nitrogens with zero attached hydrogens (tertiary/aromatic N) is 2. The summed E-state index contributed by atoms with van der Waals surface area (Å²) in [6, 6.07) is 12.2. The van der Waals surface area contributed by atoms with E-state index in [-0.39, 0.29) is 29.6 Å². The van der Waals surface area contributed by atoms with Crippen LogP contribution in [0.1, 0.15) is 23.3 Å². The van der Waals surface area contributed by atoms with Gasteiger partial charge in [0.1, 0.15) is 5.69 Å². The number of amides is 1. The molecular weight excluding hydrogens is 316 g/mol. The Kier molecular flexibility index (Phi) is 5.90. The fourth-order valence-electron chi connectivity index (χ4n) is 2.52. The van der Waals surface area contributed by atoms with Crippen LogP contribution in [-0.2, 0) is 0 Å². The first-order valence-corrected chi connectivity index (χ1v) is 7.41.